The number of esters is 1. The van der Waals surface area contributed by atoms with Crippen LogP contribution in [0.2, 0.25) is 5.02 Å². The lowest BCUT2D eigenvalue weighted by Crippen LogP contribution is -2.40. The fourth-order valence-corrected chi connectivity index (χ4v) is 5.14. The van der Waals surface area contributed by atoms with Crippen LogP contribution in [-0.4, -0.2) is 40.2 Å². The first kappa shape index (κ1) is 27.4. The van der Waals surface area contributed by atoms with Crippen molar-refractivity contribution in [3.05, 3.63) is 109 Å². The van der Waals surface area contributed by atoms with Crippen molar-refractivity contribution < 1.29 is 9.53 Å². The second-order valence-electron chi connectivity index (χ2n) is 9.41. The number of ether oxygens (including phenoxy) is 1. The minimum Gasteiger partial charge on any atom is -0.462 e. The average Bonchev–Trinajstić information content (AvgIpc) is 2.87. The molecule has 0 amide bonds. The van der Waals surface area contributed by atoms with E-state index in [2.05, 4.69) is 17.0 Å². The Bertz CT molecular complexity index is 1590. The molecule has 0 radical (unpaired) electrons. The maximum absolute atomic E-state index is 13.8. The van der Waals surface area contributed by atoms with Gasteiger partial charge < -0.3 is 9.64 Å². The van der Waals surface area contributed by atoms with Crippen molar-refractivity contribution in [1.82, 2.24) is 14.0 Å². The lowest BCUT2D eigenvalue weighted by Gasteiger charge is -2.20. The maximum Gasteiger partial charge on any atom is 0.338 e. The number of hydrogen-bond donors (Lipinski definition) is 0. The molecule has 0 bridgehead atoms. The van der Waals surface area contributed by atoms with E-state index in [-0.39, 0.29) is 11.6 Å². The van der Waals surface area contributed by atoms with Gasteiger partial charge in [-0.1, -0.05) is 54.1 Å². The topological polar surface area (TPSA) is 73.5 Å². The highest BCUT2D eigenvalue weighted by Gasteiger charge is 2.23. The minimum absolute atomic E-state index is 0.218. The lowest BCUT2D eigenvalue weighted by atomic mass is 9.98. The number of aryl methyl sites for hydroxylation is 3. The third kappa shape index (κ3) is 5.44. The number of nitrogens with zero attached hydrogens (tertiary/aromatic N) is 3. The van der Waals surface area contributed by atoms with Crippen molar-refractivity contribution in [2.45, 2.75) is 40.3 Å². The van der Waals surface area contributed by atoms with E-state index >= 15 is 0 Å². The van der Waals surface area contributed by atoms with Crippen LogP contribution in [0.5, 0.6) is 0 Å². The molecule has 0 atom stereocenters. The van der Waals surface area contributed by atoms with Crippen LogP contribution in [0.3, 0.4) is 0 Å². The first-order valence-corrected chi connectivity index (χ1v) is 13.1. The van der Waals surface area contributed by atoms with Crippen LogP contribution in [0.4, 0.5) is 0 Å². The normalized spacial score (nSPS) is 11.3. The fraction of sp³-hybridized carbons (Fsp3) is 0.300. The highest BCUT2D eigenvalue weighted by molar-refractivity contribution is 6.32. The van der Waals surface area contributed by atoms with Gasteiger partial charge in [0.25, 0.3) is 5.56 Å². The van der Waals surface area contributed by atoms with Gasteiger partial charge in [-0.25, -0.2) is 14.2 Å². The van der Waals surface area contributed by atoms with Gasteiger partial charge in [-0.3, -0.25) is 9.36 Å². The van der Waals surface area contributed by atoms with Crippen molar-refractivity contribution in [3.8, 4) is 5.69 Å². The van der Waals surface area contributed by atoms with Crippen LogP contribution in [0.1, 0.15) is 40.4 Å². The van der Waals surface area contributed by atoms with Gasteiger partial charge in [-0.15, -0.1) is 0 Å². The summed E-state index contributed by atoms with van der Waals surface area (Å²) in [5, 5.41) is 0.589. The standard InChI is InChI=1S/C30H32ClN3O4/c1-5-38-29(36)26-20(2)18-25-27(21(26)3)28(35)34(24-15-10-9-14-23(24)31)30(37)33(25)17-11-16-32(4)19-22-12-7-6-8-13-22/h6-10,12-15,18H,5,11,16-17,19H2,1-4H3. The Kier molecular flexibility index (Phi) is 8.49. The fourth-order valence-electron chi connectivity index (χ4n) is 4.92. The van der Waals surface area contributed by atoms with Crippen LogP contribution < -0.4 is 11.2 Å². The molecule has 0 saturated heterocycles. The molecule has 0 unspecified atom stereocenters. The molecule has 4 aromatic rings. The molecule has 0 saturated carbocycles. The second kappa shape index (κ2) is 11.8. The predicted octanol–water partition coefficient (Wildman–Crippen LogP) is 5.12. The lowest BCUT2D eigenvalue weighted by molar-refractivity contribution is 0.0525. The molecule has 1 aromatic heterocycles. The van der Waals surface area contributed by atoms with Gasteiger partial charge in [0.2, 0.25) is 0 Å². The number of hydrogen-bond acceptors (Lipinski definition) is 5. The molecule has 0 aliphatic rings. The molecule has 38 heavy (non-hydrogen) atoms. The van der Waals surface area contributed by atoms with Crippen LogP contribution in [0, 0.1) is 13.8 Å². The minimum atomic E-state index is -0.515. The number of carbonyl (C=O) groups is 1. The van der Waals surface area contributed by atoms with Crippen molar-refractivity contribution in [2.24, 2.45) is 0 Å². The Morgan fingerprint density at radius 3 is 2.39 bits per heavy atom. The Hall–Kier alpha value is -3.68. The maximum atomic E-state index is 13.8. The predicted molar refractivity (Wildman–Crippen MR) is 152 cm³/mol. The monoisotopic (exact) mass is 533 g/mol. The number of benzene rings is 3. The molecule has 0 fully saturated rings. The third-order valence-electron chi connectivity index (χ3n) is 6.67. The van der Waals surface area contributed by atoms with Gasteiger partial charge in [-0.2, -0.15) is 0 Å². The Morgan fingerprint density at radius 2 is 1.71 bits per heavy atom. The molecular formula is C30H32ClN3O4. The number of para-hydroxylation sites is 1. The summed E-state index contributed by atoms with van der Waals surface area (Å²) in [6.07, 6.45) is 0.677. The molecule has 3 aromatic carbocycles. The Balaban J connectivity index is 1.83. The summed E-state index contributed by atoms with van der Waals surface area (Å²) in [5.41, 5.74) is 2.51. The van der Waals surface area contributed by atoms with E-state index in [1.54, 1.807) is 55.7 Å². The van der Waals surface area contributed by atoms with Crippen LogP contribution in [-0.2, 0) is 17.8 Å². The van der Waals surface area contributed by atoms with Crippen molar-refractivity contribution in [2.75, 3.05) is 20.2 Å². The van der Waals surface area contributed by atoms with Gasteiger partial charge in [0.05, 0.1) is 33.8 Å². The largest absolute Gasteiger partial charge is 0.462 e. The molecule has 0 N–H and O–H groups in total. The van der Waals surface area contributed by atoms with E-state index in [0.717, 1.165) is 17.7 Å². The molecule has 7 nitrogen and oxygen atoms in total. The SMILES string of the molecule is CCOC(=O)c1c(C)cc2c(c1C)c(=O)n(-c1ccccc1Cl)c(=O)n2CCCN(C)Cc1ccccc1. The molecule has 0 aliphatic carbocycles. The van der Waals surface area contributed by atoms with E-state index in [9.17, 15) is 14.4 Å². The second-order valence-corrected chi connectivity index (χ2v) is 9.82. The summed E-state index contributed by atoms with van der Waals surface area (Å²) in [4.78, 5) is 42.6. The number of aromatic nitrogens is 2. The van der Waals surface area contributed by atoms with Crippen LogP contribution in [0.15, 0.2) is 70.3 Å². The van der Waals surface area contributed by atoms with Gasteiger partial charge in [0.1, 0.15) is 0 Å². The Morgan fingerprint density at radius 1 is 1.03 bits per heavy atom. The zero-order valence-corrected chi connectivity index (χ0v) is 22.9. The molecule has 0 aliphatic heterocycles. The molecular weight excluding hydrogens is 502 g/mol. The summed E-state index contributed by atoms with van der Waals surface area (Å²) in [5.74, 6) is -0.492. The highest BCUT2D eigenvalue weighted by Crippen LogP contribution is 2.25. The van der Waals surface area contributed by atoms with E-state index in [1.807, 2.05) is 25.2 Å². The number of rotatable bonds is 9. The molecule has 198 valence electrons. The summed E-state index contributed by atoms with van der Waals surface area (Å²) in [6.45, 7) is 7.39. The van der Waals surface area contributed by atoms with Crippen molar-refractivity contribution in [3.63, 3.8) is 0 Å². The van der Waals surface area contributed by atoms with Crippen molar-refractivity contribution in [1.29, 1.82) is 0 Å². The molecule has 8 heteroatoms. The third-order valence-corrected chi connectivity index (χ3v) is 6.99. The highest BCUT2D eigenvalue weighted by atomic mass is 35.5. The van der Waals surface area contributed by atoms with E-state index in [4.69, 9.17) is 16.3 Å². The zero-order valence-electron chi connectivity index (χ0n) is 22.2. The molecule has 0 spiro atoms. The van der Waals surface area contributed by atoms with E-state index < -0.39 is 17.2 Å². The summed E-state index contributed by atoms with van der Waals surface area (Å²) >= 11 is 6.43. The van der Waals surface area contributed by atoms with Gasteiger partial charge in [0, 0.05) is 13.1 Å². The van der Waals surface area contributed by atoms with Crippen LogP contribution in [0.25, 0.3) is 16.6 Å². The first-order chi connectivity index (χ1) is 18.2. The van der Waals surface area contributed by atoms with Gasteiger partial charge in [-0.05, 0) is 75.7 Å². The number of halogens is 1. The average molecular weight is 534 g/mol. The zero-order chi connectivity index (χ0) is 27.4. The van der Waals surface area contributed by atoms with Crippen LogP contribution >= 0.6 is 11.6 Å². The Labute approximate surface area is 226 Å². The number of carbonyl (C=O) groups excluding carboxylic acids is 1. The smallest absolute Gasteiger partial charge is 0.338 e. The summed E-state index contributed by atoms with van der Waals surface area (Å²) in [6, 6.07) is 18.7. The van der Waals surface area contributed by atoms with E-state index in [1.165, 1.54) is 5.56 Å². The summed E-state index contributed by atoms with van der Waals surface area (Å²) in [7, 11) is 2.04. The molecule has 4 rings (SSSR count). The summed E-state index contributed by atoms with van der Waals surface area (Å²) < 4.78 is 7.99. The van der Waals surface area contributed by atoms with Crippen molar-refractivity contribution >= 4 is 28.5 Å². The first-order valence-electron chi connectivity index (χ1n) is 12.7. The van der Waals surface area contributed by atoms with Gasteiger partial charge in [0.15, 0.2) is 0 Å². The van der Waals surface area contributed by atoms with Gasteiger partial charge >= 0.3 is 11.7 Å². The van der Waals surface area contributed by atoms with E-state index in [0.29, 0.717) is 46.2 Å². The molecule has 1 heterocycles. The number of fused-ring (bicyclic) bond motifs is 1. The quantitative estimate of drug-likeness (QED) is 0.279.